The summed E-state index contributed by atoms with van der Waals surface area (Å²) in [6.45, 7) is 0. The Morgan fingerprint density at radius 1 is 1.08 bits per heavy atom. The van der Waals surface area contributed by atoms with E-state index in [2.05, 4.69) is 20.3 Å². The molecule has 0 unspecified atom stereocenters. The number of rotatable bonds is 0. The van der Waals surface area contributed by atoms with Crippen LogP contribution in [-0.4, -0.2) is 16.3 Å². The van der Waals surface area contributed by atoms with Gasteiger partial charge in [0.2, 0.25) is 0 Å². The minimum absolute atomic E-state index is 0.736. The highest BCUT2D eigenvalue weighted by molar-refractivity contribution is 6.05. The summed E-state index contributed by atoms with van der Waals surface area (Å²) >= 11 is 0. The van der Waals surface area contributed by atoms with E-state index in [0.29, 0.717) is 0 Å². The summed E-state index contributed by atoms with van der Waals surface area (Å²) in [6.07, 6.45) is 5.13. The molecule has 0 amide bonds. The van der Waals surface area contributed by atoms with Crippen molar-refractivity contribution in [2.45, 2.75) is 0 Å². The van der Waals surface area contributed by atoms with Crippen LogP contribution >= 0.6 is 0 Å². The Morgan fingerprint density at radius 2 is 1.92 bits per heavy atom. The van der Waals surface area contributed by atoms with E-state index in [9.17, 15) is 0 Å². The van der Waals surface area contributed by atoms with Crippen molar-refractivity contribution in [3.05, 3.63) is 24.5 Å². The lowest BCUT2D eigenvalue weighted by molar-refractivity contribution is 1.28. The lowest BCUT2D eigenvalue weighted by Crippen LogP contribution is -2.00. The summed E-state index contributed by atoms with van der Waals surface area (Å²) in [4.78, 5) is 12.5. The van der Waals surface area contributed by atoms with Crippen molar-refractivity contribution >= 4 is 28.7 Å². The third-order valence-electron chi connectivity index (χ3n) is 2.04. The summed E-state index contributed by atoms with van der Waals surface area (Å²) in [5.74, 6) is 0. The molecular formula is C9H6N4. The van der Waals surface area contributed by atoms with E-state index in [1.54, 1.807) is 18.7 Å². The Bertz CT molecular complexity index is 499. The number of nitrogens with one attached hydrogen (secondary N) is 1. The summed E-state index contributed by atoms with van der Waals surface area (Å²) < 4.78 is 0. The van der Waals surface area contributed by atoms with E-state index < -0.39 is 0 Å². The molecule has 4 nitrogen and oxygen atoms in total. The summed E-state index contributed by atoms with van der Waals surface area (Å²) in [6, 6.07) is 3.80. The normalized spacial score (nSPS) is 12.9. The van der Waals surface area contributed by atoms with E-state index in [1.165, 1.54) is 0 Å². The van der Waals surface area contributed by atoms with Crippen molar-refractivity contribution in [1.82, 2.24) is 9.97 Å². The van der Waals surface area contributed by atoms with Gasteiger partial charge in [-0.1, -0.05) is 0 Å². The van der Waals surface area contributed by atoms with Crippen LogP contribution in [0.2, 0.25) is 0 Å². The van der Waals surface area contributed by atoms with E-state index in [1.807, 2.05) is 12.1 Å². The molecule has 0 aliphatic carbocycles. The van der Waals surface area contributed by atoms with Gasteiger partial charge in [-0.2, -0.15) is 0 Å². The fraction of sp³-hybridized carbons (Fsp3) is 0. The standard InChI is InChI=1S/C9H6N4/c1-3-10-9-8-6(1)12-5-13-7(8)2-4-11-9/h1-5H,(H,12,13). The largest absolute Gasteiger partial charge is 0.346 e. The molecule has 0 saturated carbocycles. The molecule has 1 N–H and O–H groups in total. The highest BCUT2D eigenvalue weighted by Crippen LogP contribution is 2.31. The van der Waals surface area contributed by atoms with Gasteiger partial charge in [0, 0.05) is 12.4 Å². The van der Waals surface area contributed by atoms with Gasteiger partial charge < -0.3 is 5.32 Å². The molecule has 0 spiro atoms. The maximum atomic E-state index is 4.20. The Morgan fingerprint density at radius 3 is 2.85 bits per heavy atom. The molecule has 0 bridgehead atoms. The van der Waals surface area contributed by atoms with Crippen LogP contribution in [0.3, 0.4) is 0 Å². The van der Waals surface area contributed by atoms with Crippen LogP contribution in [0.1, 0.15) is 0 Å². The van der Waals surface area contributed by atoms with E-state index in [0.717, 1.165) is 22.4 Å². The van der Waals surface area contributed by atoms with Gasteiger partial charge in [-0.05, 0) is 12.1 Å². The molecule has 3 heterocycles. The maximum Gasteiger partial charge on any atom is 0.163 e. The number of pyridine rings is 2. The predicted octanol–water partition coefficient (Wildman–Crippen LogP) is 1.72. The van der Waals surface area contributed by atoms with E-state index >= 15 is 0 Å². The molecule has 62 valence electrons. The molecule has 0 fully saturated rings. The maximum absolute atomic E-state index is 4.20. The quantitative estimate of drug-likeness (QED) is 0.654. The molecule has 2 aromatic rings. The number of anilines is 1. The molecule has 0 radical (unpaired) electrons. The monoisotopic (exact) mass is 170 g/mol. The molecule has 1 aliphatic rings. The van der Waals surface area contributed by atoms with Gasteiger partial charge in [0.25, 0.3) is 0 Å². The molecule has 0 saturated heterocycles. The second kappa shape index (κ2) is 2.26. The average Bonchev–Trinajstić information content (AvgIpc) is 2.19. The minimum atomic E-state index is 0.736. The second-order valence-corrected chi connectivity index (χ2v) is 2.79. The minimum Gasteiger partial charge on any atom is -0.346 e. The smallest absolute Gasteiger partial charge is 0.163 e. The highest BCUT2D eigenvalue weighted by Gasteiger charge is 2.09. The zero-order chi connectivity index (χ0) is 8.67. The van der Waals surface area contributed by atoms with Crippen LogP contribution in [0.15, 0.2) is 29.5 Å². The molecule has 4 heteroatoms. The van der Waals surface area contributed by atoms with Gasteiger partial charge in [0.15, 0.2) is 5.65 Å². The van der Waals surface area contributed by atoms with Gasteiger partial charge >= 0.3 is 0 Å². The Labute approximate surface area is 74.4 Å². The van der Waals surface area contributed by atoms with Crippen LogP contribution < -0.4 is 5.32 Å². The van der Waals surface area contributed by atoms with Crippen molar-refractivity contribution in [3.8, 4) is 0 Å². The lowest BCUT2D eigenvalue weighted by Gasteiger charge is -2.10. The first kappa shape index (κ1) is 6.54. The predicted molar refractivity (Wildman–Crippen MR) is 51.3 cm³/mol. The first-order valence-corrected chi connectivity index (χ1v) is 3.98. The average molecular weight is 170 g/mol. The number of aromatic nitrogens is 2. The van der Waals surface area contributed by atoms with Crippen LogP contribution in [0.5, 0.6) is 0 Å². The fourth-order valence-corrected chi connectivity index (χ4v) is 1.46. The van der Waals surface area contributed by atoms with Crippen LogP contribution in [-0.2, 0) is 0 Å². The van der Waals surface area contributed by atoms with Gasteiger partial charge in [0.1, 0.15) is 0 Å². The lowest BCUT2D eigenvalue weighted by atomic mass is 10.2. The number of hydrogen-bond acceptors (Lipinski definition) is 4. The molecule has 13 heavy (non-hydrogen) atoms. The first-order valence-electron chi connectivity index (χ1n) is 3.98. The topological polar surface area (TPSA) is 50.2 Å². The van der Waals surface area contributed by atoms with Crippen LogP contribution in [0.25, 0.3) is 11.0 Å². The molecule has 1 aliphatic heterocycles. The number of hydrogen-bond donors (Lipinski definition) is 1. The van der Waals surface area contributed by atoms with E-state index in [4.69, 9.17) is 0 Å². The van der Waals surface area contributed by atoms with Crippen molar-refractivity contribution in [1.29, 1.82) is 0 Å². The Hall–Kier alpha value is -1.97. The molecule has 2 aromatic heterocycles. The Balaban J connectivity index is 2.56. The van der Waals surface area contributed by atoms with Crippen molar-refractivity contribution < 1.29 is 0 Å². The van der Waals surface area contributed by atoms with Gasteiger partial charge in [0.05, 0.1) is 23.1 Å². The zero-order valence-electron chi connectivity index (χ0n) is 6.73. The molecule has 0 aromatic carbocycles. The third-order valence-corrected chi connectivity index (χ3v) is 2.04. The highest BCUT2D eigenvalue weighted by atomic mass is 15.0. The number of aliphatic imine (C=N–C) groups is 1. The zero-order valence-corrected chi connectivity index (χ0v) is 6.73. The van der Waals surface area contributed by atoms with E-state index in [-0.39, 0.29) is 0 Å². The molecular weight excluding hydrogens is 164 g/mol. The number of nitrogens with zero attached hydrogens (tertiary/aromatic N) is 3. The second-order valence-electron chi connectivity index (χ2n) is 2.79. The fourth-order valence-electron chi connectivity index (χ4n) is 1.46. The van der Waals surface area contributed by atoms with Gasteiger partial charge in [-0.15, -0.1) is 0 Å². The first-order chi connectivity index (χ1) is 6.45. The SMILES string of the molecule is C1=Nc2ccnc3nccc(c23)N1. The summed E-state index contributed by atoms with van der Waals surface area (Å²) in [5.41, 5.74) is 2.68. The molecule has 3 rings (SSSR count). The third kappa shape index (κ3) is 0.823. The molecule has 0 atom stereocenters. The Kier molecular flexibility index (Phi) is 1.14. The van der Waals surface area contributed by atoms with Crippen molar-refractivity contribution in [2.24, 2.45) is 4.99 Å². The summed E-state index contributed by atoms with van der Waals surface area (Å²) in [5, 5.41) is 4.05. The van der Waals surface area contributed by atoms with Crippen LogP contribution in [0, 0.1) is 0 Å². The van der Waals surface area contributed by atoms with Crippen molar-refractivity contribution in [3.63, 3.8) is 0 Å². The summed E-state index contributed by atoms with van der Waals surface area (Å²) in [7, 11) is 0. The van der Waals surface area contributed by atoms with Gasteiger partial charge in [-0.3, -0.25) is 0 Å². The van der Waals surface area contributed by atoms with Gasteiger partial charge in [-0.25, -0.2) is 15.0 Å². The van der Waals surface area contributed by atoms with Crippen LogP contribution in [0.4, 0.5) is 11.4 Å². The van der Waals surface area contributed by atoms with Crippen molar-refractivity contribution in [2.75, 3.05) is 5.32 Å².